The Kier molecular flexibility index (Phi) is 6.05. The van der Waals surface area contributed by atoms with Crippen LogP contribution in [0.5, 0.6) is 0 Å². The van der Waals surface area contributed by atoms with Gasteiger partial charge >= 0.3 is 0 Å². The molecule has 2 atom stereocenters. The lowest BCUT2D eigenvalue weighted by molar-refractivity contribution is 0.102. The molecule has 1 fully saturated rings. The largest absolute Gasteiger partial charge is 0.363 e. The van der Waals surface area contributed by atoms with E-state index in [1.165, 1.54) is 30.7 Å². The second-order valence-electron chi connectivity index (χ2n) is 7.95. The van der Waals surface area contributed by atoms with Gasteiger partial charge in [0, 0.05) is 30.4 Å². The van der Waals surface area contributed by atoms with Crippen LogP contribution in [-0.4, -0.2) is 51.1 Å². The Bertz CT molecular complexity index is 1340. The Morgan fingerprint density at radius 2 is 1.88 bits per heavy atom. The number of carbonyl (C=O) groups is 1. The lowest BCUT2D eigenvalue weighted by atomic mass is 10.1. The first-order valence-corrected chi connectivity index (χ1v) is 10.8. The highest BCUT2D eigenvalue weighted by molar-refractivity contribution is 6.04. The van der Waals surface area contributed by atoms with E-state index in [0.717, 1.165) is 0 Å². The summed E-state index contributed by atoms with van der Waals surface area (Å²) >= 11 is 0. The molecule has 0 unspecified atom stereocenters. The topological polar surface area (TPSA) is 105 Å². The number of hydrogen-bond acceptors (Lipinski definition) is 7. The number of halogens is 2. The van der Waals surface area contributed by atoms with Crippen molar-refractivity contribution < 1.29 is 13.6 Å². The molecule has 0 aliphatic carbocycles. The minimum Gasteiger partial charge on any atom is -0.363 e. The summed E-state index contributed by atoms with van der Waals surface area (Å²) in [5.74, 6) is -0.236. The summed E-state index contributed by atoms with van der Waals surface area (Å²) in [5, 5.41) is 8.98. The molecule has 1 aliphatic rings. The van der Waals surface area contributed by atoms with Gasteiger partial charge in [-0.15, -0.1) is 0 Å². The van der Waals surface area contributed by atoms with Gasteiger partial charge in [-0.2, -0.15) is 0 Å². The highest BCUT2D eigenvalue weighted by Crippen LogP contribution is 2.25. The number of benzene rings is 1. The third kappa shape index (κ3) is 4.67. The number of amides is 1. The Hall–Kier alpha value is -4.05. The summed E-state index contributed by atoms with van der Waals surface area (Å²) in [6.07, 6.45) is 3.85. The molecule has 1 saturated heterocycles. The lowest BCUT2D eigenvalue weighted by Crippen LogP contribution is -2.45. The summed E-state index contributed by atoms with van der Waals surface area (Å²) in [6, 6.07) is 11.1. The van der Waals surface area contributed by atoms with Gasteiger partial charge < -0.3 is 16.0 Å². The monoisotopic (exact) mass is 461 g/mol. The smallest absolute Gasteiger partial charge is 0.256 e. The SMILES string of the molecule is O=C(Nc1cc2nc(-c3cncc(N[C@H]4CCNC[C@@H]4F)n3)cc(F)c2cn1)c1ccccc1. The summed E-state index contributed by atoms with van der Waals surface area (Å²) in [7, 11) is 0. The number of pyridine rings is 2. The average molecular weight is 461 g/mol. The predicted octanol–water partition coefficient (Wildman–Crippen LogP) is 3.59. The van der Waals surface area contributed by atoms with Crippen molar-refractivity contribution in [1.82, 2.24) is 25.3 Å². The van der Waals surface area contributed by atoms with Gasteiger partial charge in [0.05, 0.1) is 35.0 Å². The summed E-state index contributed by atoms with van der Waals surface area (Å²) in [4.78, 5) is 29.7. The van der Waals surface area contributed by atoms with E-state index in [4.69, 9.17) is 0 Å². The molecule has 1 aliphatic heterocycles. The van der Waals surface area contributed by atoms with Gasteiger partial charge in [0.25, 0.3) is 5.91 Å². The van der Waals surface area contributed by atoms with E-state index in [1.807, 2.05) is 6.07 Å². The van der Waals surface area contributed by atoms with Crippen LogP contribution >= 0.6 is 0 Å². The van der Waals surface area contributed by atoms with Crippen molar-refractivity contribution in [2.24, 2.45) is 0 Å². The van der Waals surface area contributed by atoms with Gasteiger partial charge in [-0.1, -0.05) is 18.2 Å². The van der Waals surface area contributed by atoms with E-state index in [2.05, 4.69) is 35.9 Å². The lowest BCUT2D eigenvalue weighted by Gasteiger charge is -2.27. The standard InChI is InChI=1S/C24H21F2N7O/c25-16-8-20(21-12-28-13-23(32-21)31-18-6-7-27-11-17(18)26)30-19-9-22(29-10-15(16)19)33-24(34)14-4-2-1-3-5-14/h1-5,8-10,12-13,17-18,27H,6-7,11H2,(H,31,32)(H,29,33,34)/t17-,18-/m0/s1. The van der Waals surface area contributed by atoms with Crippen LogP contribution in [0.2, 0.25) is 0 Å². The van der Waals surface area contributed by atoms with Crippen molar-refractivity contribution in [3.63, 3.8) is 0 Å². The Morgan fingerprint density at radius 1 is 1.03 bits per heavy atom. The quantitative estimate of drug-likeness (QED) is 0.417. The summed E-state index contributed by atoms with van der Waals surface area (Å²) in [6.45, 7) is 0.985. The van der Waals surface area contributed by atoms with Crippen LogP contribution in [0, 0.1) is 5.82 Å². The molecule has 0 bridgehead atoms. The van der Waals surface area contributed by atoms with Crippen LogP contribution in [0.1, 0.15) is 16.8 Å². The first-order chi connectivity index (χ1) is 16.6. The van der Waals surface area contributed by atoms with Gasteiger partial charge in [0.1, 0.15) is 29.3 Å². The number of alkyl halides is 1. The molecule has 34 heavy (non-hydrogen) atoms. The fourth-order valence-electron chi connectivity index (χ4n) is 3.79. The molecule has 4 heterocycles. The fraction of sp³-hybridized carbons (Fsp3) is 0.208. The van der Waals surface area contributed by atoms with Crippen LogP contribution in [0.4, 0.5) is 20.4 Å². The van der Waals surface area contributed by atoms with Crippen LogP contribution in [0.25, 0.3) is 22.3 Å². The Morgan fingerprint density at radius 3 is 2.71 bits per heavy atom. The van der Waals surface area contributed by atoms with Gasteiger partial charge in [0.2, 0.25) is 0 Å². The molecule has 1 aromatic carbocycles. The van der Waals surface area contributed by atoms with E-state index >= 15 is 0 Å². The first kappa shape index (κ1) is 21.8. The third-order valence-electron chi connectivity index (χ3n) is 5.56. The van der Waals surface area contributed by atoms with Crippen LogP contribution < -0.4 is 16.0 Å². The molecule has 0 radical (unpaired) electrons. The highest BCUT2D eigenvalue weighted by Gasteiger charge is 2.24. The Balaban J connectivity index is 1.42. The molecule has 10 heteroatoms. The molecule has 8 nitrogen and oxygen atoms in total. The zero-order valence-electron chi connectivity index (χ0n) is 18.0. The van der Waals surface area contributed by atoms with E-state index < -0.39 is 12.0 Å². The molecule has 172 valence electrons. The van der Waals surface area contributed by atoms with Gasteiger partial charge in [0.15, 0.2) is 0 Å². The molecule has 0 saturated carbocycles. The molecule has 4 aromatic rings. The predicted molar refractivity (Wildman–Crippen MR) is 125 cm³/mol. The molecule has 0 spiro atoms. The van der Waals surface area contributed by atoms with Crippen molar-refractivity contribution in [3.8, 4) is 11.4 Å². The number of fused-ring (bicyclic) bond motifs is 1. The van der Waals surface area contributed by atoms with Crippen molar-refractivity contribution in [2.45, 2.75) is 18.6 Å². The number of rotatable bonds is 5. The molecular weight excluding hydrogens is 440 g/mol. The van der Waals surface area contributed by atoms with Crippen LogP contribution in [0.3, 0.4) is 0 Å². The van der Waals surface area contributed by atoms with Crippen LogP contribution in [0.15, 0.2) is 61.1 Å². The van der Waals surface area contributed by atoms with Gasteiger partial charge in [-0.25, -0.2) is 23.7 Å². The highest BCUT2D eigenvalue weighted by atomic mass is 19.1. The molecule has 3 aromatic heterocycles. The number of nitrogens with one attached hydrogen (secondary N) is 3. The third-order valence-corrected chi connectivity index (χ3v) is 5.56. The van der Waals surface area contributed by atoms with E-state index in [0.29, 0.717) is 35.6 Å². The normalized spacial score (nSPS) is 17.9. The number of piperidine rings is 1. The molecular formula is C24H21F2N7O. The maximum absolute atomic E-state index is 14.8. The maximum Gasteiger partial charge on any atom is 0.256 e. The van der Waals surface area contributed by atoms with Gasteiger partial charge in [-0.3, -0.25) is 9.78 Å². The van der Waals surface area contributed by atoms with Gasteiger partial charge in [-0.05, 0) is 25.1 Å². The molecule has 1 amide bonds. The van der Waals surface area contributed by atoms with Crippen molar-refractivity contribution in [3.05, 3.63) is 72.4 Å². The van der Waals surface area contributed by atoms with Crippen molar-refractivity contribution in [2.75, 3.05) is 23.7 Å². The fourth-order valence-corrected chi connectivity index (χ4v) is 3.79. The summed E-state index contributed by atoms with van der Waals surface area (Å²) < 4.78 is 29.0. The van der Waals surface area contributed by atoms with E-state index in [1.54, 1.807) is 24.3 Å². The second kappa shape index (κ2) is 9.44. The molecule has 5 rings (SSSR count). The number of carbonyl (C=O) groups excluding carboxylic acids is 1. The number of nitrogens with zero attached hydrogens (tertiary/aromatic N) is 4. The minimum atomic E-state index is -1.05. The van der Waals surface area contributed by atoms with Crippen LogP contribution in [-0.2, 0) is 0 Å². The average Bonchev–Trinajstić information content (AvgIpc) is 2.86. The van der Waals surface area contributed by atoms with E-state index in [9.17, 15) is 13.6 Å². The first-order valence-electron chi connectivity index (χ1n) is 10.8. The zero-order chi connectivity index (χ0) is 23.5. The maximum atomic E-state index is 14.8. The van der Waals surface area contributed by atoms with Crippen molar-refractivity contribution >= 4 is 28.4 Å². The van der Waals surface area contributed by atoms with Crippen molar-refractivity contribution in [1.29, 1.82) is 0 Å². The van der Waals surface area contributed by atoms with E-state index in [-0.39, 0.29) is 35.4 Å². The second-order valence-corrected chi connectivity index (χ2v) is 7.95. The number of aromatic nitrogens is 4. The number of anilines is 2. The number of hydrogen-bond donors (Lipinski definition) is 3. The Labute approximate surface area is 193 Å². The molecule has 3 N–H and O–H groups in total. The zero-order valence-corrected chi connectivity index (χ0v) is 18.0. The summed E-state index contributed by atoms with van der Waals surface area (Å²) in [5.41, 5.74) is 1.37. The minimum absolute atomic E-state index is 0.207.